The van der Waals surface area contributed by atoms with Gasteiger partial charge in [0.1, 0.15) is 18.5 Å². The third kappa shape index (κ3) is 6.28. The average molecular weight is 459 g/mol. The first-order valence-corrected chi connectivity index (χ1v) is 11.5. The number of hydrogen-bond acceptors (Lipinski definition) is 5. The predicted molar refractivity (Wildman–Crippen MR) is 134 cm³/mol. The molecule has 6 heteroatoms. The highest BCUT2D eigenvalue weighted by Crippen LogP contribution is 2.21. The van der Waals surface area contributed by atoms with E-state index in [9.17, 15) is 4.79 Å². The third-order valence-electron chi connectivity index (χ3n) is 5.72. The number of hydrogen-bond donors (Lipinski definition) is 1. The first kappa shape index (κ1) is 23.6. The third-order valence-corrected chi connectivity index (χ3v) is 5.72. The van der Waals surface area contributed by atoms with Gasteiger partial charge in [-0.2, -0.15) is 0 Å². The van der Waals surface area contributed by atoms with Crippen LogP contribution in [0.25, 0.3) is 0 Å². The first-order chi connectivity index (χ1) is 16.6. The van der Waals surface area contributed by atoms with E-state index >= 15 is 0 Å². The summed E-state index contributed by atoms with van der Waals surface area (Å²) < 4.78 is 18.6. The van der Waals surface area contributed by atoms with Crippen LogP contribution >= 0.6 is 0 Å². The summed E-state index contributed by atoms with van der Waals surface area (Å²) in [4.78, 5) is 12.9. The van der Waals surface area contributed by atoms with Gasteiger partial charge in [0.15, 0.2) is 0 Å². The zero-order valence-corrected chi connectivity index (χ0v) is 19.6. The van der Waals surface area contributed by atoms with Gasteiger partial charge in [0, 0.05) is 23.0 Å². The number of rotatable bonds is 7. The maximum Gasteiger partial charge on any atom is 0.254 e. The van der Waals surface area contributed by atoms with Gasteiger partial charge >= 0.3 is 0 Å². The molecule has 3 aromatic rings. The summed E-state index contributed by atoms with van der Waals surface area (Å²) in [6, 6.07) is 21.3. The second-order valence-corrected chi connectivity index (χ2v) is 8.24. The van der Waals surface area contributed by atoms with Crippen molar-refractivity contribution in [2.75, 3.05) is 38.3 Å². The smallest absolute Gasteiger partial charge is 0.254 e. The Balaban J connectivity index is 1.37. The van der Waals surface area contributed by atoms with Crippen molar-refractivity contribution in [2.45, 2.75) is 26.0 Å². The molecule has 0 aliphatic carbocycles. The standard InChI is InChI=1S/C28H30N2O4/c1-21-17-26(34-20-27-19-32-15-16-33-27)18-28(31)30(21)22(2)24-12-10-23(11-13-24)7-6-14-29-25-8-4-3-5-9-25/h3-5,8-13,17-18,22,27,29H,14-16,19-20H2,1-2H3. The number of pyridine rings is 1. The van der Waals surface area contributed by atoms with Gasteiger partial charge in [0.2, 0.25) is 0 Å². The van der Waals surface area contributed by atoms with Gasteiger partial charge in [0.05, 0.1) is 32.4 Å². The molecule has 1 fully saturated rings. The highest BCUT2D eigenvalue weighted by molar-refractivity contribution is 5.45. The number of benzene rings is 2. The van der Waals surface area contributed by atoms with Gasteiger partial charge in [-0.3, -0.25) is 4.79 Å². The highest BCUT2D eigenvalue weighted by Gasteiger charge is 2.17. The zero-order chi connectivity index (χ0) is 23.8. The molecule has 34 heavy (non-hydrogen) atoms. The quantitative estimate of drug-likeness (QED) is 0.542. The lowest BCUT2D eigenvalue weighted by atomic mass is 10.1. The lowest BCUT2D eigenvalue weighted by Crippen LogP contribution is -2.33. The second kappa shape index (κ2) is 11.6. The Labute approximate surface area is 200 Å². The Hall–Kier alpha value is -3.53. The monoisotopic (exact) mass is 458 g/mol. The van der Waals surface area contributed by atoms with Crippen molar-refractivity contribution in [3.8, 4) is 17.6 Å². The minimum absolute atomic E-state index is 0.0980. The maximum absolute atomic E-state index is 12.9. The minimum atomic E-state index is -0.113. The highest BCUT2D eigenvalue weighted by atomic mass is 16.6. The van der Waals surface area contributed by atoms with Crippen LogP contribution < -0.4 is 15.6 Å². The van der Waals surface area contributed by atoms with Crippen molar-refractivity contribution in [2.24, 2.45) is 0 Å². The SMILES string of the molecule is Cc1cc(OCC2COCCO2)cc(=O)n1C(C)c1ccc(C#CCNc2ccccc2)cc1. The normalized spacial score (nSPS) is 16.2. The summed E-state index contributed by atoms with van der Waals surface area (Å²) >= 11 is 0. The summed E-state index contributed by atoms with van der Waals surface area (Å²) in [5, 5.41) is 3.28. The summed E-state index contributed by atoms with van der Waals surface area (Å²) in [6.45, 7) is 6.57. The van der Waals surface area contributed by atoms with Crippen LogP contribution in [-0.4, -0.2) is 43.6 Å². The zero-order valence-electron chi connectivity index (χ0n) is 19.6. The molecule has 2 atom stereocenters. The van der Waals surface area contributed by atoms with E-state index < -0.39 is 0 Å². The number of ether oxygens (including phenoxy) is 3. The summed E-state index contributed by atoms with van der Waals surface area (Å²) in [5.74, 6) is 6.87. The van der Waals surface area contributed by atoms with Crippen LogP contribution in [0.3, 0.4) is 0 Å². The second-order valence-electron chi connectivity index (χ2n) is 8.24. The van der Waals surface area contributed by atoms with Crippen molar-refractivity contribution >= 4 is 5.69 Å². The number of aryl methyl sites for hydroxylation is 1. The largest absolute Gasteiger partial charge is 0.491 e. The van der Waals surface area contributed by atoms with Gasteiger partial charge in [0.25, 0.3) is 5.56 Å². The molecule has 176 valence electrons. The molecule has 2 aromatic carbocycles. The molecular weight excluding hydrogens is 428 g/mol. The summed E-state index contributed by atoms with van der Waals surface area (Å²) in [7, 11) is 0. The van der Waals surface area contributed by atoms with Gasteiger partial charge in [-0.05, 0) is 49.7 Å². The Morgan fingerprint density at radius 1 is 1.12 bits per heavy atom. The molecule has 1 aliphatic rings. The Morgan fingerprint density at radius 3 is 2.62 bits per heavy atom. The van der Waals surface area contributed by atoms with Crippen molar-refractivity contribution in [3.05, 3.63) is 93.9 Å². The van der Waals surface area contributed by atoms with Crippen molar-refractivity contribution in [1.82, 2.24) is 4.57 Å². The fourth-order valence-corrected chi connectivity index (χ4v) is 3.93. The molecular formula is C28H30N2O4. The van der Waals surface area contributed by atoms with Crippen LogP contribution in [0.2, 0.25) is 0 Å². The number of para-hydroxylation sites is 1. The fourth-order valence-electron chi connectivity index (χ4n) is 3.93. The molecule has 0 radical (unpaired) electrons. The van der Waals surface area contributed by atoms with E-state index in [1.165, 1.54) is 6.07 Å². The van der Waals surface area contributed by atoms with Crippen molar-refractivity contribution in [3.63, 3.8) is 0 Å². The van der Waals surface area contributed by atoms with Gasteiger partial charge in [-0.25, -0.2) is 0 Å². The number of anilines is 1. The lowest BCUT2D eigenvalue weighted by molar-refractivity contribution is -0.101. The molecule has 0 saturated carbocycles. The predicted octanol–water partition coefficient (Wildman–Crippen LogP) is 4.02. The fraction of sp³-hybridized carbons (Fsp3) is 0.321. The number of aromatic nitrogens is 1. The molecule has 4 rings (SSSR count). The van der Waals surface area contributed by atoms with Crippen LogP contribution in [0.15, 0.2) is 71.5 Å². The molecule has 1 saturated heterocycles. The van der Waals surface area contributed by atoms with Crippen LogP contribution in [-0.2, 0) is 9.47 Å². The van der Waals surface area contributed by atoms with Crippen molar-refractivity contribution < 1.29 is 14.2 Å². The summed E-state index contributed by atoms with van der Waals surface area (Å²) in [5.41, 5.74) is 3.77. The average Bonchev–Trinajstić information content (AvgIpc) is 2.86. The van der Waals surface area contributed by atoms with E-state index in [1.807, 2.05) is 74.5 Å². The molecule has 1 N–H and O–H groups in total. The van der Waals surface area contributed by atoms with E-state index in [-0.39, 0.29) is 17.7 Å². The summed E-state index contributed by atoms with van der Waals surface area (Å²) in [6.07, 6.45) is -0.105. The molecule has 0 bridgehead atoms. The van der Waals surface area contributed by atoms with Gasteiger partial charge in [-0.1, -0.05) is 42.2 Å². The number of nitrogens with one attached hydrogen (secondary N) is 1. The Morgan fingerprint density at radius 2 is 1.91 bits per heavy atom. The van der Waals surface area contributed by atoms with Crippen molar-refractivity contribution in [1.29, 1.82) is 0 Å². The van der Waals surface area contributed by atoms with E-state index in [0.29, 0.717) is 38.7 Å². The molecule has 1 aromatic heterocycles. The molecule has 6 nitrogen and oxygen atoms in total. The Kier molecular flexibility index (Phi) is 8.03. The van der Waals surface area contributed by atoms with Gasteiger partial charge < -0.3 is 24.1 Å². The van der Waals surface area contributed by atoms with E-state index in [4.69, 9.17) is 14.2 Å². The first-order valence-electron chi connectivity index (χ1n) is 11.5. The Bertz CT molecular complexity index is 1190. The van der Waals surface area contributed by atoms with Crippen LogP contribution in [0.5, 0.6) is 5.75 Å². The van der Waals surface area contributed by atoms with E-state index in [0.717, 1.165) is 22.5 Å². The van der Waals surface area contributed by atoms with Crippen LogP contribution in [0, 0.1) is 18.8 Å². The molecule has 0 spiro atoms. The van der Waals surface area contributed by atoms with E-state index in [2.05, 4.69) is 17.2 Å². The van der Waals surface area contributed by atoms with Crippen LogP contribution in [0.4, 0.5) is 5.69 Å². The van der Waals surface area contributed by atoms with E-state index in [1.54, 1.807) is 4.57 Å². The number of nitrogens with zero attached hydrogens (tertiary/aromatic N) is 1. The lowest BCUT2D eigenvalue weighted by Gasteiger charge is -2.23. The van der Waals surface area contributed by atoms with Gasteiger partial charge in [-0.15, -0.1) is 0 Å². The van der Waals surface area contributed by atoms with Crippen LogP contribution in [0.1, 0.15) is 29.8 Å². The minimum Gasteiger partial charge on any atom is -0.491 e. The topological polar surface area (TPSA) is 61.7 Å². The molecule has 0 amide bonds. The molecule has 1 aliphatic heterocycles. The molecule has 2 unspecified atom stereocenters. The molecule has 2 heterocycles. The maximum atomic E-state index is 12.9.